The SMILES string of the molecule is COc1ccc(C=CC(=O)NC(c2nc(C3CC3)no2)C(C)C)cc1OC. The van der Waals surface area contributed by atoms with E-state index in [1.54, 1.807) is 26.4 Å². The van der Waals surface area contributed by atoms with E-state index >= 15 is 0 Å². The number of benzene rings is 1. The zero-order chi connectivity index (χ0) is 19.4. The second-order valence-corrected chi connectivity index (χ2v) is 6.94. The van der Waals surface area contributed by atoms with E-state index < -0.39 is 0 Å². The molecule has 1 saturated carbocycles. The lowest BCUT2D eigenvalue weighted by atomic mass is 10.0. The summed E-state index contributed by atoms with van der Waals surface area (Å²) in [6.07, 6.45) is 5.41. The van der Waals surface area contributed by atoms with Crippen molar-refractivity contribution in [1.29, 1.82) is 0 Å². The summed E-state index contributed by atoms with van der Waals surface area (Å²) in [5.74, 6) is 2.76. The molecule has 1 atom stereocenters. The molecule has 1 N–H and O–H groups in total. The second-order valence-electron chi connectivity index (χ2n) is 6.94. The maximum Gasteiger partial charge on any atom is 0.249 e. The van der Waals surface area contributed by atoms with Gasteiger partial charge in [0, 0.05) is 12.0 Å². The summed E-state index contributed by atoms with van der Waals surface area (Å²) in [7, 11) is 3.16. The van der Waals surface area contributed by atoms with Crippen LogP contribution in [-0.4, -0.2) is 30.3 Å². The molecule has 3 rings (SSSR count). The van der Waals surface area contributed by atoms with E-state index in [1.165, 1.54) is 6.08 Å². The van der Waals surface area contributed by atoms with Gasteiger partial charge in [0.1, 0.15) is 6.04 Å². The summed E-state index contributed by atoms with van der Waals surface area (Å²) in [4.78, 5) is 16.9. The first-order valence-electron chi connectivity index (χ1n) is 9.06. The fourth-order valence-electron chi connectivity index (χ4n) is 2.72. The molecule has 1 heterocycles. The molecule has 27 heavy (non-hydrogen) atoms. The Balaban J connectivity index is 1.67. The van der Waals surface area contributed by atoms with Crippen LogP contribution in [0.1, 0.15) is 55.9 Å². The lowest BCUT2D eigenvalue weighted by Crippen LogP contribution is -2.30. The average molecular weight is 371 g/mol. The van der Waals surface area contributed by atoms with Gasteiger partial charge in [-0.25, -0.2) is 0 Å². The second kappa shape index (κ2) is 8.24. The molecule has 1 fully saturated rings. The molecule has 2 aromatic rings. The Bertz CT molecular complexity index is 824. The van der Waals surface area contributed by atoms with Gasteiger partial charge in [-0.15, -0.1) is 0 Å². The molecule has 1 aliphatic rings. The molecule has 0 aliphatic heterocycles. The first-order chi connectivity index (χ1) is 13.0. The number of amides is 1. The Morgan fingerprint density at radius 2 is 2.00 bits per heavy atom. The van der Waals surface area contributed by atoms with E-state index in [2.05, 4.69) is 15.5 Å². The van der Waals surface area contributed by atoms with Gasteiger partial charge in [0.25, 0.3) is 0 Å². The summed E-state index contributed by atoms with van der Waals surface area (Å²) >= 11 is 0. The van der Waals surface area contributed by atoms with E-state index in [4.69, 9.17) is 14.0 Å². The molecule has 1 aliphatic carbocycles. The monoisotopic (exact) mass is 371 g/mol. The van der Waals surface area contributed by atoms with Crippen LogP contribution in [0.5, 0.6) is 11.5 Å². The first kappa shape index (κ1) is 18.9. The topological polar surface area (TPSA) is 86.5 Å². The fraction of sp³-hybridized carbons (Fsp3) is 0.450. The Labute approximate surface area is 158 Å². The minimum Gasteiger partial charge on any atom is -0.493 e. The highest BCUT2D eigenvalue weighted by molar-refractivity contribution is 5.92. The zero-order valence-corrected chi connectivity index (χ0v) is 16.1. The maximum atomic E-state index is 12.4. The molecular weight excluding hydrogens is 346 g/mol. The number of carbonyl (C=O) groups excluding carboxylic acids is 1. The van der Waals surface area contributed by atoms with Crippen molar-refractivity contribution in [2.45, 2.75) is 38.6 Å². The van der Waals surface area contributed by atoms with Gasteiger partial charge in [0.05, 0.1) is 14.2 Å². The van der Waals surface area contributed by atoms with Crippen LogP contribution in [0.4, 0.5) is 0 Å². The third-order valence-electron chi connectivity index (χ3n) is 4.47. The smallest absolute Gasteiger partial charge is 0.249 e. The summed E-state index contributed by atoms with van der Waals surface area (Å²) in [6, 6.07) is 5.13. The van der Waals surface area contributed by atoms with Crippen LogP contribution in [0.25, 0.3) is 6.08 Å². The molecule has 1 aromatic heterocycles. The van der Waals surface area contributed by atoms with E-state index in [-0.39, 0.29) is 17.9 Å². The van der Waals surface area contributed by atoms with Gasteiger partial charge < -0.3 is 19.3 Å². The number of nitrogens with one attached hydrogen (secondary N) is 1. The Kier molecular flexibility index (Phi) is 5.78. The van der Waals surface area contributed by atoms with Crippen molar-refractivity contribution in [2.75, 3.05) is 14.2 Å². The van der Waals surface area contributed by atoms with Crippen molar-refractivity contribution >= 4 is 12.0 Å². The van der Waals surface area contributed by atoms with Gasteiger partial charge in [-0.3, -0.25) is 4.79 Å². The number of ether oxygens (including phenoxy) is 2. The van der Waals surface area contributed by atoms with Crippen LogP contribution in [-0.2, 0) is 4.79 Å². The molecule has 7 heteroatoms. The first-order valence-corrected chi connectivity index (χ1v) is 9.06. The van der Waals surface area contributed by atoms with Crippen molar-refractivity contribution in [3.8, 4) is 11.5 Å². The van der Waals surface area contributed by atoms with Crippen molar-refractivity contribution < 1.29 is 18.8 Å². The number of aromatic nitrogens is 2. The minimum absolute atomic E-state index is 0.121. The quantitative estimate of drug-likeness (QED) is 0.715. The Morgan fingerprint density at radius 3 is 2.63 bits per heavy atom. The summed E-state index contributed by atoms with van der Waals surface area (Å²) in [6.45, 7) is 4.01. The molecule has 144 valence electrons. The number of hydrogen-bond acceptors (Lipinski definition) is 6. The van der Waals surface area contributed by atoms with E-state index in [0.29, 0.717) is 23.3 Å². The van der Waals surface area contributed by atoms with Crippen LogP contribution in [0.3, 0.4) is 0 Å². The van der Waals surface area contributed by atoms with Gasteiger partial charge in [0.15, 0.2) is 17.3 Å². The van der Waals surface area contributed by atoms with Crippen LogP contribution in [0.2, 0.25) is 0 Å². The van der Waals surface area contributed by atoms with Crippen LogP contribution in [0, 0.1) is 5.92 Å². The van der Waals surface area contributed by atoms with Gasteiger partial charge in [0.2, 0.25) is 11.8 Å². The molecule has 1 unspecified atom stereocenters. The van der Waals surface area contributed by atoms with Crippen LogP contribution >= 0.6 is 0 Å². The van der Waals surface area contributed by atoms with E-state index in [9.17, 15) is 4.79 Å². The predicted molar refractivity (Wildman–Crippen MR) is 101 cm³/mol. The maximum absolute atomic E-state index is 12.4. The number of hydrogen-bond donors (Lipinski definition) is 1. The molecule has 1 aromatic carbocycles. The predicted octanol–water partition coefficient (Wildman–Crippen LogP) is 3.49. The van der Waals surface area contributed by atoms with Gasteiger partial charge in [-0.2, -0.15) is 4.98 Å². The highest BCUT2D eigenvalue weighted by atomic mass is 16.5. The number of carbonyl (C=O) groups is 1. The van der Waals surface area contributed by atoms with Crippen molar-refractivity contribution in [2.24, 2.45) is 5.92 Å². The normalized spacial score (nSPS) is 15.1. The minimum atomic E-state index is -0.326. The molecule has 1 amide bonds. The van der Waals surface area contributed by atoms with Crippen LogP contribution < -0.4 is 14.8 Å². The number of rotatable bonds is 8. The molecule has 0 bridgehead atoms. The standard InChI is InChI=1S/C20H25N3O4/c1-12(2)18(20-22-19(23-27-20)14-7-8-14)21-17(24)10-6-13-5-9-15(25-3)16(11-13)26-4/h5-6,9-12,14,18H,7-8H2,1-4H3,(H,21,24). The molecule has 0 saturated heterocycles. The lowest BCUT2D eigenvalue weighted by Gasteiger charge is -2.17. The van der Waals surface area contributed by atoms with Crippen molar-refractivity contribution in [1.82, 2.24) is 15.5 Å². The van der Waals surface area contributed by atoms with E-state index in [1.807, 2.05) is 26.0 Å². The van der Waals surface area contributed by atoms with Crippen LogP contribution in [0.15, 0.2) is 28.8 Å². The van der Waals surface area contributed by atoms with Gasteiger partial charge in [-0.1, -0.05) is 25.1 Å². The van der Waals surface area contributed by atoms with Gasteiger partial charge in [-0.05, 0) is 42.5 Å². The third-order valence-corrected chi connectivity index (χ3v) is 4.47. The largest absolute Gasteiger partial charge is 0.493 e. The summed E-state index contributed by atoms with van der Waals surface area (Å²) < 4.78 is 15.9. The van der Waals surface area contributed by atoms with Crippen molar-refractivity contribution in [3.63, 3.8) is 0 Å². The van der Waals surface area contributed by atoms with E-state index in [0.717, 1.165) is 24.2 Å². The average Bonchev–Trinajstić information content (AvgIpc) is 3.41. The highest BCUT2D eigenvalue weighted by Gasteiger charge is 2.31. The Morgan fingerprint density at radius 1 is 1.26 bits per heavy atom. The van der Waals surface area contributed by atoms with Crippen molar-refractivity contribution in [3.05, 3.63) is 41.6 Å². The molecule has 0 radical (unpaired) electrons. The summed E-state index contributed by atoms with van der Waals surface area (Å²) in [5, 5.41) is 6.99. The fourth-order valence-corrected chi connectivity index (χ4v) is 2.72. The molecule has 0 spiro atoms. The summed E-state index contributed by atoms with van der Waals surface area (Å²) in [5.41, 5.74) is 0.831. The zero-order valence-electron chi connectivity index (χ0n) is 16.1. The highest BCUT2D eigenvalue weighted by Crippen LogP contribution is 2.38. The molecule has 7 nitrogen and oxygen atoms in total. The number of methoxy groups -OCH3 is 2. The molecular formula is C20H25N3O4. The third kappa shape index (κ3) is 4.67. The Hall–Kier alpha value is -2.83. The lowest BCUT2D eigenvalue weighted by molar-refractivity contribution is -0.117. The number of nitrogens with zero attached hydrogens (tertiary/aromatic N) is 2. The van der Waals surface area contributed by atoms with Gasteiger partial charge >= 0.3 is 0 Å².